The summed E-state index contributed by atoms with van der Waals surface area (Å²) in [5.74, 6) is 0. The Kier molecular flexibility index (Phi) is 5.48. The van der Waals surface area contributed by atoms with E-state index in [1.807, 2.05) is 0 Å². The highest BCUT2D eigenvalue weighted by Gasteiger charge is 2.19. The molecule has 2 nitrogen and oxygen atoms in total. The van der Waals surface area contributed by atoms with Gasteiger partial charge in [-0.3, -0.25) is 0 Å². The fourth-order valence-electron chi connectivity index (χ4n) is 4.21. The predicted octanol–water partition coefficient (Wildman–Crippen LogP) is 6.34. The monoisotopic (exact) mass is 362 g/mol. The summed E-state index contributed by atoms with van der Waals surface area (Å²) in [6.07, 6.45) is 3.25. The molecular weight excluding hydrogens is 328 g/mol. The first-order chi connectivity index (χ1) is 12.7. The lowest BCUT2D eigenvalue weighted by atomic mass is 9.85. The molecule has 3 N–H and O–H groups in total. The van der Waals surface area contributed by atoms with Crippen LogP contribution in [0.1, 0.15) is 61.4 Å². The van der Waals surface area contributed by atoms with Crippen LogP contribution in [-0.2, 0) is 11.8 Å². The van der Waals surface area contributed by atoms with Crippen molar-refractivity contribution in [2.24, 2.45) is 5.73 Å². The third-order valence-electron chi connectivity index (χ3n) is 5.58. The molecule has 1 aromatic heterocycles. The maximum absolute atomic E-state index is 5.77. The zero-order chi connectivity index (χ0) is 19.8. The minimum atomic E-state index is 0.149. The van der Waals surface area contributed by atoms with Gasteiger partial charge < -0.3 is 10.7 Å². The van der Waals surface area contributed by atoms with E-state index in [1.165, 1.54) is 50.0 Å². The highest BCUT2D eigenvalue weighted by Crippen LogP contribution is 2.37. The second-order valence-corrected chi connectivity index (χ2v) is 9.01. The van der Waals surface area contributed by atoms with Gasteiger partial charge >= 0.3 is 0 Å². The molecule has 0 unspecified atom stereocenters. The van der Waals surface area contributed by atoms with Crippen molar-refractivity contribution in [3.05, 3.63) is 58.1 Å². The second kappa shape index (κ2) is 7.52. The molecule has 1 heterocycles. The average molecular weight is 363 g/mol. The number of aryl methyl sites for hydroxylation is 4. The van der Waals surface area contributed by atoms with Crippen molar-refractivity contribution in [3.63, 3.8) is 0 Å². The molecule has 0 amide bonds. The first kappa shape index (κ1) is 19.7. The Morgan fingerprint density at radius 3 is 2.19 bits per heavy atom. The van der Waals surface area contributed by atoms with Crippen molar-refractivity contribution in [2.75, 3.05) is 6.54 Å². The van der Waals surface area contributed by atoms with E-state index in [9.17, 15) is 0 Å². The second-order valence-electron chi connectivity index (χ2n) is 9.01. The average Bonchev–Trinajstić information content (AvgIpc) is 2.91. The van der Waals surface area contributed by atoms with Gasteiger partial charge in [-0.25, -0.2) is 0 Å². The predicted molar refractivity (Wildman–Crippen MR) is 119 cm³/mol. The number of nitrogens with two attached hydrogens (primary N) is 1. The lowest BCUT2D eigenvalue weighted by molar-refractivity contribution is 0.591. The van der Waals surface area contributed by atoms with Gasteiger partial charge in [-0.1, -0.05) is 44.5 Å². The van der Waals surface area contributed by atoms with Crippen LogP contribution in [-0.4, -0.2) is 11.5 Å². The SMILES string of the molecule is Cc1cc(C)c(-c2[nH]c3ccc(C(C)(C)C)cc3c2CCCCN)c(C)c1. The topological polar surface area (TPSA) is 41.8 Å². The normalized spacial score (nSPS) is 12.1. The number of H-pyrrole nitrogens is 1. The van der Waals surface area contributed by atoms with Gasteiger partial charge in [0.25, 0.3) is 0 Å². The number of nitrogens with one attached hydrogen (secondary N) is 1. The zero-order valence-electron chi connectivity index (χ0n) is 17.8. The number of fused-ring (bicyclic) bond motifs is 1. The first-order valence-corrected chi connectivity index (χ1v) is 10.2. The molecule has 0 saturated carbocycles. The maximum Gasteiger partial charge on any atom is 0.0502 e. The van der Waals surface area contributed by atoms with Crippen molar-refractivity contribution in [2.45, 2.75) is 66.2 Å². The summed E-state index contributed by atoms with van der Waals surface area (Å²) in [6.45, 7) is 14.2. The molecule has 0 saturated heterocycles. The number of hydrogen-bond donors (Lipinski definition) is 2. The van der Waals surface area contributed by atoms with Crippen LogP contribution >= 0.6 is 0 Å². The Morgan fingerprint density at radius 1 is 0.926 bits per heavy atom. The first-order valence-electron chi connectivity index (χ1n) is 10.2. The van der Waals surface area contributed by atoms with Gasteiger partial charge in [-0.2, -0.15) is 0 Å². The van der Waals surface area contributed by atoms with Crippen LogP contribution < -0.4 is 5.73 Å². The summed E-state index contributed by atoms with van der Waals surface area (Å²) in [6, 6.07) is 11.5. The van der Waals surface area contributed by atoms with E-state index in [-0.39, 0.29) is 5.41 Å². The molecule has 2 heteroatoms. The van der Waals surface area contributed by atoms with Gasteiger partial charge in [0, 0.05) is 16.5 Å². The summed E-state index contributed by atoms with van der Waals surface area (Å²) >= 11 is 0. The van der Waals surface area contributed by atoms with Crippen molar-refractivity contribution < 1.29 is 0 Å². The third-order valence-corrected chi connectivity index (χ3v) is 5.58. The molecule has 27 heavy (non-hydrogen) atoms. The molecule has 0 aliphatic carbocycles. The summed E-state index contributed by atoms with van der Waals surface area (Å²) < 4.78 is 0. The molecule has 3 aromatic rings. The summed E-state index contributed by atoms with van der Waals surface area (Å²) in [5.41, 5.74) is 16.6. The lowest BCUT2D eigenvalue weighted by Crippen LogP contribution is -2.10. The van der Waals surface area contributed by atoms with Crippen LogP contribution in [0.2, 0.25) is 0 Å². The Balaban J connectivity index is 2.24. The Bertz CT molecular complexity index is 931. The van der Waals surface area contributed by atoms with E-state index < -0.39 is 0 Å². The number of rotatable bonds is 5. The van der Waals surface area contributed by atoms with Gasteiger partial charge in [0.15, 0.2) is 0 Å². The highest BCUT2D eigenvalue weighted by atomic mass is 14.7. The molecule has 0 fully saturated rings. The van der Waals surface area contributed by atoms with Crippen LogP contribution in [0, 0.1) is 20.8 Å². The van der Waals surface area contributed by atoms with Gasteiger partial charge in [0.1, 0.15) is 0 Å². The summed E-state index contributed by atoms with van der Waals surface area (Å²) in [5, 5.41) is 1.37. The minimum Gasteiger partial charge on any atom is -0.354 e. The van der Waals surface area contributed by atoms with Crippen molar-refractivity contribution in [3.8, 4) is 11.3 Å². The van der Waals surface area contributed by atoms with E-state index in [0.717, 1.165) is 25.8 Å². The molecule has 144 valence electrons. The quantitative estimate of drug-likeness (QED) is 0.511. The fourth-order valence-corrected chi connectivity index (χ4v) is 4.21. The Labute approximate surface area is 164 Å². The molecule has 2 aromatic carbocycles. The number of aromatic amines is 1. The molecule has 0 bridgehead atoms. The highest BCUT2D eigenvalue weighted by molar-refractivity contribution is 5.92. The molecule has 0 aliphatic rings. The Morgan fingerprint density at radius 2 is 1.59 bits per heavy atom. The zero-order valence-corrected chi connectivity index (χ0v) is 17.8. The third kappa shape index (κ3) is 3.96. The van der Waals surface area contributed by atoms with E-state index >= 15 is 0 Å². The van der Waals surface area contributed by atoms with Gasteiger partial charge in [-0.15, -0.1) is 0 Å². The standard InChI is InChI=1S/C25H34N2/c1-16-13-17(2)23(18(3)14-16)24-20(9-7-8-12-26)21-15-19(25(4,5)6)10-11-22(21)27-24/h10-11,13-15,27H,7-9,12,26H2,1-6H3. The number of hydrogen-bond acceptors (Lipinski definition) is 1. The smallest absolute Gasteiger partial charge is 0.0502 e. The van der Waals surface area contributed by atoms with Crippen LogP contribution in [0.4, 0.5) is 0 Å². The molecular formula is C25H34N2. The largest absolute Gasteiger partial charge is 0.354 e. The number of unbranched alkanes of at least 4 members (excludes halogenated alkanes) is 1. The van der Waals surface area contributed by atoms with E-state index in [2.05, 4.69) is 76.9 Å². The van der Waals surface area contributed by atoms with E-state index in [1.54, 1.807) is 0 Å². The van der Waals surface area contributed by atoms with Gasteiger partial charge in [0.2, 0.25) is 0 Å². The van der Waals surface area contributed by atoms with Crippen LogP contribution in [0.15, 0.2) is 30.3 Å². The molecule has 0 spiro atoms. The Hall–Kier alpha value is -2.06. The van der Waals surface area contributed by atoms with Crippen molar-refractivity contribution in [1.29, 1.82) is 0 Å². The summed E-state index contributed by atoms with van der Waals surface area (Å²) in [7, 11) is 0. The van der Waals surface area contributed by atoms with Crippen molar-refractivity contribution in [1.82, 2.24) is 4.98 Å². The molecule has 0 atom stereocenters. The van der Waals surface area contributed by atoms with Crippen molar-refractivity contribution >= 4 is 10.9 Å². The van der Waals surface area contributed by atoms with Gasteiger partial charge in [-0.05, 0) is 86.4 Å². The fraction of sp³-hybridized carbons (Fsp3) is 0.440. The molecule has 3 rings (SSSR count). The molecule has 0 aliphatic heterocycles. The molecule has 0 radical (unpaired) electrons. The van der Waals surface area contributed by atoms with Gasteiger partial charge in [0.05, 0.1) is 5.69 Å². The van der Waals surface area contributed by atoms with E-state index in [0.29, 0.717) is 0 Å². The maximum atomic E-state index is 5.77. The van der Waals surface area contributed by atoms with Crippen LogP contribution in [0.25, 0.3) is 22.2 Å². The van der Waals surface area contributed by atoms with Crippen LogP contribution in [0.3, 0.4) is 0 Å². The van der Waals surface area contributed by atoms with E-state index in [4.69, 9.17) is 5.73 Å². The lowest BCUT2D eigenvalue weighted by Gasteiger charge is -2.19. The van der Waals surface area contributed by atoms with Crippen LogP contribution in [0.5, 0.6) is 0 Å². The number of aromatic nitrogens is 1. The number of benzene rings is 2. The minimum absolute atomic E-state index is 0.149. The summed E-state index contributed by atoms with van der Waals surface area (Å²) in [4.78, 5) is 3.76.